The number of nitrogen functional groups attached to an aromatic ring is 1. The fourth-order valence-corrected chi connectivity index (χ4v) is 1.82. The number of carbonyl (C=O) groups is 1. The number of hydrogen-bond donors (Lipinski definition) is 2. The minimum absolute atomic E-state index is 0.113. The lowest BCUT2D eigenvalue weighted by Gasteiger charge is -2.28. The van der Waals surface area contributed by atoms with Crippen LogP contribution in [0.4, 0.5) is 11.6 Å². The van der Waals surface area contributed by atoms with E-state index in [-0.39, 0.29) is 18.5 Å². The molecule has 0 fully saturated rings. The van der Waals surface area contributed by atoms with Crippen molar-refractivity contribution >= 4 is 17.5 Å². The lowest BCUT2D eigenvalue weighted by Crippen LogP contribution is -2.39. The van der Waals surface area contributed by atoms with E-state index < -0.39 is 0 Å². The summed E-state index contributed by atoms with van der Waals surface area (Å²) < 4.78 is 0. The van der Waals surface area contributed by atoms with Gasteiger partial charge in [-0.05, 0) is 20.3 Å². The Morgan fingerprint density at radius 1 is 1.44 bits per heavy atom. The molecular weight excluding hydrogens is 230 g/mol. The molecule has 100 valence electrons. The van der Waals surface area contributed by atoms with Gasteiger partial charge in [0.1, 0.15) is 18.0 Å². The Kier molecular flexibility index (Phi) is 4.88. The van der Waals surface area contributed by atoms with E-state index in [2.05, 4.69) is 16.9 Å². The predicted molar refractivity (Wildman–Crippen MR) is 72.1 cm³/mol. The van der Waals surface area contributed by atoms with Crippen LogP contribution >= 0.6 is 0 Å². The molecule has 0 aliphatic carbocycles. The van der Waals surface area contributed by atoms with Crippen molar-refractivity contribution in [3.8, 4) is 0 Å². The molecule has 6 heteroatoms. The van der Waals surface area contributed by atoms with E-state index in [0.717, 1.165) is 18.4 Å². The largest absolute Gasteiger partial charge is 0.383 e. The zero-order chi connectivity index (χ0) is 13.7. The van der Waals surface area contributed by atoms with Gasteiger partial charge >= 0.3 is 0 Å². The van der Waals surface area contributed by atoms with E-state index in [1.165, 1.54) is 6.33 Å². The highest BCUT2D eigenvalue weighted by molar-refractivity contribution is 5.80. The summed E-state index contributed by atoms with van der Waals surface area (Å²) in [6.45, 7) is 6.16. The molecule has 1 aromatic rings. The molecular formula is C12H21N5O. The van der Waals surface area contributed by atoms with Crippen LogP contribution in [0.2, 0.25) is 0 Å². The van der Waals surface area contributed by atoms with Crippen molar-refractivity contribution in [2.75, 3.05) is 17.2 Å². The van der Waals surface area contributed by atoms with Crippen LogP contribution in [-0.4, -0.2) is 28.5 Å². The topological polar surface area (TPSA) is 98.1 Å². The van der Waals surface area contributed by atoms with Gasteiger partial charge in [-0.2, -0.15) is 0 Å². The third-order valence-electron chi connectivity index (χ3n) is 2.68. The number of nitrogens with two attached hydrogens (primary N) is 2. The number of aromatic nitrogens is 2. The summed E-state index contributed by atoms with van der Waals surface area (Å²) in [6, 6.07) is 0.113. The Hall–Kier alpha value is -1.85. The van der Waals surface area contributed by atoms with Crippen molar-refractivity contribution < 1.29 is 4.79 Å². The molecule has 1 heterocycles. The normalized spacial score (nSPS) is 10.7. The molecule has 0 aliphatic heterocycles. The van der Waals surface area contributed by atoms with Gasteiger partial charge in [-0.25, -0.2) is 9.97 Å². The molecule has 1 rings (SSSR count). The predicted octanol–water partition coefficient (Wildman–Crippen LogP) is 0.711. The summed E-state index contributed by atoms with van der Waals surface area (Å²) >= 11 is 0. The highest BCUT2D eigenvalue weighted by Gasteiger charge is 2.19. The molecule has 0 saturated heterocycles. The summed E-state index contributed by atoms with van der Waals surface area (Å²) in [5.74, 6) is 0.790. The first kappa shape index (κ1) is 14.2. The van der Waals surface area contributed by atoms with E-state index >= 15 is 0 Å². The second-order valence-corrected chi connectivity index (χ2v) is 4.50. The molecule has 0 atom stereocenters. The minimum Gasteiger partial charge on any atom is -0.383 e. The highest BCUT2D eigenvalue weighted by Crippen LogP contribution is 2.24. The fourth-order valence-electron chi connectivity index (χ4n) is 1.82. The second kappa shape index (κ2) is 6.18. The molecule has 1 aromatic heterocycles. The van der Waals surface area contributed by atoms with Crippen LogP contribution < -0.4 is 16.4 Å². The molecule has 4 N–H and O–H groups in total. The molecule has 0 spiro atoms. The van der Waals surface area contributed by atoms with Gasteiger partial charge in [0.2, 0.25) is 5.91 Å². The van der Waals surface area contributed by atoms with Crippen molar-refractivity contribution in [1.82, 2.24) is 9.97 Å². The van der Waals surface area contributed by atoms with Gasteiger partial charge in [0.15, 0.2) is 0 Å². The van der Waals surface area contributed by atoms with Crippen LogP contribution in [0.3, 0.4) is 0 Å². The zero-order valence-corrected chi connectivity index (χ0v) is 11.2. The zero-order valence-electron chi connectivity index (χ0n) is 11.2. The van der Waals surface area contributed by atoms with Crippen molar-refractivity contribution in [3.63, 3.8) is 0 Å². The molecule has 0 aliphatic rings. The quantitative estimate of drug-likeness (QED) is 0.776. The van der Waals surface area contributed by atoms with Crippen LogP contribution in [0.25, 0.3) is 0 Å². The summed E-state index contributed by atoms with van der Waals surface area (Å²) in [7, 11) is 0. The molecule has 0 aromatic carbocycles. The monoisotopic (exact) mass is 251 g/mol. The minimum atomic E-state index is -0.386. The third-order valence-corrected chi connectivity index (χ3v) is 2.68. The third kappa shape index (κ3) is 3.32. The lowest BCUT2D eigenvalue weighted by molar-refractivity contribution is -0.116. The Balaban J connectivity index is 3.18. The summed E-state index contributed by atoms with van der Waals surface area (Å²) in [4.78, 5) is 21.3. The Morgan fingerprint density at radius 3 is 2.61 bits per heavy atom. The van der Waals surface area contributed by atoms with Crippen molar-refractivity contribution in [2.24, 2.45) is 5.73 Å². The van der Waals surface area contributed by atoms with Gasteiger partial charge in [-0.1, -0.05) is 13.3 Å². The van der Waals surface area contributed by atoms with Crippen LogP contribution in [-0.2, 0) is 11.2 Å². The van der Waals surface area contributed by atoms with Gasteiger partial charge in [0.05, 0.1) is 6.54 Å². The molecule has 1 amide bonds. The fraction of sp³-hybridized carbons (Fsp3) is 0.583. The standard InChI is InChI=1S/C12H21N5O/c1-4-5-9-11(14)15-7-16-12(9)17(8(2)3)6-10(13)18/h7-8H,4-6H2,1-3H3,(H2,13,18)(H2,14,15,16). The summed E-state index contributed by atoms with van der Waals surface area (Å²) in [5, 5.41) is 0. The second-order valence-electron chi connectivity index (χ2n) is 4.50. The first-order chi connectivity index (χ1) is 8.47. The maximum absolute atomic E-state index is 11.1. The first-order valence-electron chi connectivity index (χ1n) is 6.11. The van der Waals surface area contributed by atoms with Crippen LogP contribution in [0.1, 0.15) is 32.8 Å². The van der Waals surface area contributed by atoms with E-state index in [4.69, 9.17) is 11.5 Å². The van der Waals surface area contributed by atoms with Crippen molar-refractivity contribution in [3.05, 3.63) is 11.9 Å². The smallest absolute Gasteiger partial charge is 0.237 e. The van der Waals surface area contributed by atoms with E-state index in [9.17, 15) is 4.79 Å². The van der Waals surface area contributed by atoms with Gasteiger partial charge in [-0.15, -0.1) is 0 Å². The number of nitrogens with zero attached hydrogens (tertiary/aromatic N) is 3. The number of hydrogen-bond acceptors (Lipinski definition) is 5. The summed E-state index contributed by atoms with van der Waals surface area (Å²) in [5.41, 5.74) is 12.0. The van der Waals surface area contributed by atoms with E-state index in [1.54, 1.807) is 0 Å². The number of amides is 1. The molecule has 6 nitrogen and oxygen atoms in total. The average Bonchev–Trinajstić information content (AvgIpc) is 2.28. The van der Waals surface area contributed by atoms with Gasteiger partial charge in [0.25, 0.3) is 0 Å². The first-order valence-corrected chi connectivity index (χ1v) is 6.11. The molecule has 0 unspecified atom stereocenters. The maximum atomic E-state index is 11.1. The Bertz CT molecular complexity index is 419. The highest BCUT2D eigenvalue weighted by atomic mass is 16.1. The molecule has 0 saturated carbocycles. The Labute approximate surface area is 107 Å². The molecule has 18 heavy (non-hydrogen) atoms. The average molecular weight is 251 g/mol. The van der Waals surface area contributed by atoms with Crippen molar-refractivity contribution in [2.45, 2.75) is 39.7 Å². The SMILES string of the molecule is CCCc1c(N)ncnc1N(CC(N)=O)C(C)C. The maximum Gasteiger partial charge on any atom is 0.237 e. The van der Waals surface area contributed by atoms with E-state index in [0.29, 0.717) is 11.6 Å². The van der Waals surface area contributed by atoms with Crippen LogP contribution in [0, 0.1) is 0 Å². The number of rotatable bonds is 6. The lowest BCUT2D eigenvalue weighted by atomic mass is 10.1. The van der Waals surface area contributed by atoms with Crippen LogP contribution in [0.5, 0.6) is 0 Å². The summed E-state index contributed by atoms with van der Waals surface area (Å²) in [6.07, 6.45) is 3.14. The van der Waals surface area contributed by atoms with Gasteiger partial charge < -0.3 is 16.4 Å². The van der Waals surface area contributed by atoms with Crippen LogP contribution in [0.15, 0.2) is 6.33 Å². The molecule has 0 bridgehead atoms. The van der Waals surface area contributed by atoms with Gasteiger partial charge in [0, 0.05) is 11.6 Å². The molecule has 0 radical (unpaired) electrons. The number of anilines is 2. The number of primary amides is 1. The number of carbonyl (C=O) groups excluding carboxylic acids is 1. The Morgan fingerprint density at radius 2 is 2.11 bits per heavy atom. The van der Waals surface area contributed by atoms with E-state index in [1.807, 2.05) is 18.7 Å². The van der Waals surface area contributed by atoms with Crippen molar-refractivity contribution in [1.29, 1.82) is 0 Å². The van der Waals surface area contributed by atoms with Gasteiger partial charge in [-0.3, -0.25) is 4.79 Å².